The molecule has 1 aromatic carbocycles. The highest BCUT2D eigenvalue weighted by Crippen LogP contribution is 2.11. The molecule has 0 bridgehead atoms. The zero-order valence-corrected chi connectivity index (χ0v) is 10.5. The SMILES string of the molecule is CC(C)C(CCN)NC(=O)c1ccc(F)c(F)c1. The second-order valence-electron chi connectivity index (χ2n) is 4.53. The fraction of sp³-hybridized carbons (Fsp3) is 0.462. The van der Waals surface area contributed by atoms with Crippen LogP contribution in [0.4, 0.5) is 8.78 Å². The molecule has 1 unspecified atom stereocenters. The maximum Gasteiger partial charge on any atom is 0.251 e. The van der Waals surface area contributed by atoms with E-state index in [2.05, 4.69) is 5.32 Å². The second-order valence-corrected chi connectivity index (χ2v) is 4.53. The summed E-state index contributed by atoms with van der Waals surface area (Å²) in [4.78, 5) is 11.9. The molecule has 5 heteroatoms. The van der Waals surface area contributed by atoms with Crippen LogP contribution in [0.15, 0.2) is 18.2 Å². The maximum atomic E-state index is 13.0. The topological polar surface area (TPSA) is 55.1 Å². The first kappa shape index (κ1) is 14.6. The molecule has 18 heavy (non-hydrogen) atoms. The smallest absolute Gasteiger partial charge is 0.251 e. The van der Waals surface area contributed by atoms with Gasteiger partial charge < -0.3 is 11.1 Å². The van der Waals surface area contributed by atoms with Crippen LogP contribution >= 0.6 is 0 Å². The molecule has 3 nitrogen and oxygen atoms in total. The third-order valence-corrected chi connectivity index (χ3v) is 2.78. The molecule has 0 saturated carbocycles. The summed E-state index contributed by atoms with van der Waals surface area (Å²) in [5, 5.41) is 2.77. The molecule has 100 valence electrons. The Hall–Kier alpha value is -1.49. The van der Waals surface area contributed by atoms with Gasteiger partial charge in [0.25, 0.3) is 5.91 Å². The molecule has 0 aliphatic carbocycles. The summed E-state index contributed by atoms with van der Waals surface area (Å²) in [7, 11) is 0. The number of hydrogen-bond acceptors (Lipinski definition) is 2. The molecule has 0 heterocycles. The number of carbonyl (C=O) groups is 1. The summed E-state index contributed by atoms with van der Waals surface area (Å²) < 4.78 is 25.8. The molecular weight excluding hydrogens is 238 g/mol. The highest BCUT2D eigenvalue weighted by molar-refractivity contribution is 5.94. The first-order valence-electron chi connectivity index (χ1n) is 5.91. The summed E-state index contributed by atoms with van der Waals surface area (Å²) in [5.41, 5.74) is 5.57. The van der Waals surface area contributed by atoms with Gasteiger partial charge in [-0.2, -0.15) is 0 Å². The lowest BCUT2D eigenvalue weighted by Crippen LogP contribution is -2.39. The molecule has 1 aromatic rings. The molecule has 1 rings (SSSR count). The van der Waals surface area contributed by atoms with E-state index in [1.54, 1.807) is 0 Å². The van der Waals surface area contributed by atoms with Crippen LogP contribution < -0.4 is 11.1 Å². The van der Waals surface area contributed by atoms with Crippen molar-refractivity contribution in [3.8, 4) is 0 Å². The minimum Gasteiger partial charge on any atom is -0.349 e. The lowest BCUT2D eigenvalue weighted by Gasteiger charge is -2.21. The summed E-state index contributed by atoms with van der Waals surface area (Å²) in [6.07, 6.45) is 0.646. The molecule has 0 radical (unpaired) electrons. The van der Waals surface area contributed by atoms with Crippen molar-refractivity contribution in [1.82, 2.24) is 5.32 Å². The third kappa shape index (κ3) is 3.77. The van der Waals surface area contributed by atoms with Crippen molar-refractivity contribution in [3.05, 3.63) is 35.4 Å². The minimum absolute atomic E-state index is 0.0735. The summed E-state index contributed by atoms with van der Waals surface area (Å²) in [5.74, 6) is -2.18. The molecule has 0 aliphatic rings. The summed E-state index contributed by atoms with van der Waals surface area (Å²) in [6, 6.07) is 3.02. The number of nitrogens with two attached hydrogens (primary N) is 1. The number of rotatable bonds is 5. The lowest BCUT2D eigenvalue weighted by atomic mass is 10.0. The van der Waals surface area contributed by atoms with E-state index in [1.807, 2.05) is 13.8 Å². The van der Waals surface area contributed by atoms with Gasteiger partial charge in [0.1, 0.15) is 0 Å². The Morgan fingerprint density at radius 1 is 1.33 bits per heavy atom. The number of hydrogen-bond donors (Lipinski definition) is 2. The van der Waals surface area contributed by atoms with E-state index in [0.717, 1.165) is 12.1 Å². The standard InChI is InChI=1S/C13H18F2N2O/c1-8(2)12(5-6-16)17-13(18)9-3-4-10(14)11(15)7-9/h3-4,7-8,12H,5-6,16H2,1-2H3,(H,17,18). The van der Waals surface area contributed by atoms with E-state index in [1.165, 1.54) is 6.07 Å². The van der Waals surface area contributed by atoms with Crippen LogP contribution in [0.3, 0.4) is 0 Å². The van der Waals surface area contributed by atoms with Crippen LogP contribution in [0.1, 0.15) is 30.6 Å². The lowest BCUT2D eigenvalue weighted by molar-refractivity contribution is 0.0923. The van der Waals surface area contributed by atoms with Gasteiger partial charge in [-0.05, 0) is 37.1 Å². The monoisotopic (exact) mass is 256 g/mol. The van der Waals surface area contributed by atoms with Crippen LogP contribution in [0.5, 0.6) is 0 Å². The van der Waals surface area contributed by atoms with Crippen molar-refractivity contribution in [2.45, 2.75) is 26.3 Å². The molecule has 0 saturated heterocycles. The highest BCUT2D eigenvalue weighted by Gasteiger charge is 2.17. The van der Waals surface area contributed by atoms with E-state index < -0.39 is 17.5 Å². The Kier molecular flexibility index (Phi) is 5.22. The first-order chi connectivity index (χ1) is 8.45. The van der Waals surface area contributed by atoms with Crippen molar-refractivity contribution in [3.63, 3.8) is 0 Å². The van der Waals surface area contributed by atoms with Gasteiger partial charge >= 0.3 is 0 Å². The predicted octanol–water partition coefficient (Wildman–Crippen LogP) is 2.07. The van der Waals surface area contributed by atoms with E-state index in [4.69, 9.17) is 5.73 Å². The highest BCUT2D eigenvalue weighted by atomic mass is 19.2. The Balaban J connectivity index is 2.77. The Morgan fingerprint density at radius 3 is 2.50 bits per heavy atom. The van der Waals surface area contributed by atoms with Gasteiger partial charge in [-0.1, -0.05) is 13.8 Å². The van der Waals surface area contributed by atoms with Gasteiger partial charge in [0.15, 0.2) is 11.6 Å². The van der Waals surface area contributed by atoms with Gasteiger partial charge in [0.2, 0.25) is 0 Å². The molecular formula is C13H18F2N2O. The number of amides is 1. The van der Waals surface area contributed by atoms with Crippen LogP contribution in [0, 0.1) is 17.6 Å². The van der Waals surface area contributed by atoms with E-state index in [9.17, 15) is 13.6 Å². The molecule has 3 N–H and O–H groups in total. The van der Waals surface area contributed by atoms with Gasteiger partial charge in [0, 0.05) is 11.6 Å². The number of halogens is 2. The Bertz CT molecular complexity index is 421. The van der Waals surface area contributed by atoms with Gasteiger partial charge in [-0.3, -0.25) is 4.79 Å². The summed E-state index contributed by atoms with van der Waals surface area (Å²) in [6.45, 7) is 4.39. The molecule has 0 spiro atoms. The normalized spacial score (nSPS) is 12.6. The van der Waals surface area contributed by atoms with Crippen molar-refractivity contribution < 1.29 is 13.6 Å². The number of nitrogens with one attached hydrogen (secondary N) is 1. The first-order valence-corrected chi connectivity index (χ1v) is 5.91. The Labute approximate surface area is 105 Å². The molecule has 1 amide bonds. The van der Waals surface area contributed by atoms with Gasteiger partial charge in [-0.15, -0.1) is 0 Å². The predicted molar refractivity (Wildman–Crippen MR) is 66.1 cm³/mol. The maximum absolute atomic E-state index is 13.0. The van der Waals surface area contributed by atoms with Gasteiger partial charge in [-0.25, -0.2) is 8.78 Å². The largest absolute Gasteiger partial charge is 0.349 e. The van der Waals surface area contributed by atoms with Crippen molar-refractivity contribution in [1.29, 1.82) is 0 Å². The molecule has 0 aromatic heterocycles. The second kappa shape index (κ2) is 6.44. The average molecular weight is 256 g/mol. The number of carbonyl (C=O) groups excluding carboxylic acids is 1. The minimum atomic E-state index is -1.03. The Morgan fingerprint density at radius 2 is 2.00 bits per heavy atom. The fourth-order valence-corrected chi connectivity index (χ4v) is 1.64. The van der Waals surface area contributed by atoms with E-state index in [0.29, 0.717) is 13.0 Å². The van der Waals surface area contributed by atoms with E-state index in [-0.39, 0.29) is 17.5 Å². The molecule has 1 atom stereocenters. The summed E-state index contributed by atoms with van der Waals surface area (Å²) >= 11 is 0. The van der Waals surface area contributed by atoms with Crippen LogP contribution in [-0.2, 0) is 0 Å². The van der Waals surface area contributed by atoms with Crippen molar-refractivity contribution in [2.75, 3.05) is 6.54 Å². The zero-order valence-electron chi connectivity index (χ0n) is 10.5. The molecule has 0 aliphatic heterocycles. The van der Waals surface area contributed by atoms with Gasteiger partial charge in [0.05, 0.1) is 0 Å². The fourth-order valence-electron chi connectivity index (χ4n) is 1.64. The zero-order chi connectivity index (χ0) is 13.7. The van der Waals surface area contributed by atoms with Crippen molar-refractivity contribution in [2.24, 2.45) is 11.7 Å². The van der Waals surface area contributed by atoms with Crippen molar-refractivity contribution >= 4 is 5.91 Å². The molecule has 0 fully saturated rings. The average Bonchev–Trinajstić information content (AvgIpc) is 2.31. The van der Waals surface area contributed by atoms with E-state index >= 15 is 0 Å². The van der Waals surface area contributed by atoms with Crippen LogP contribution in [0.2, 0.25) is 0 Å². The number of benzene rings is 1. The van der Waals surface area contributed by atoms with Crippen LogP contribution in [0.25, 0.3) is 0 Å². The quantitative estimate of drug-likeness (QED) is 0.847. The van der Waals surface area contributed by atoms with Crippen LogP contribution in [-0.4, -0.2) is 18.5 Å². The third-order valence-electron chi connectivity index (χ3n) is 2.78.